The minimum atomic E-state index is -0.0306. The van der Waals surface area contributed by atoms with Crippen molar-refractivity contribution in [1.82, 2.24) is 0 Å². The highest BCUT2D eigenvalue weighted by atomic mass is 16.5. The number of carbonyl (C=O) groups excluding carboxylic acids is 1. The molecule has 0 amide bonds. The van der Waals surface area contributed by atoms with Gasteiger partial charge in [-0.2, -0.15) is 0 Å². The number of benzene rings is 1. The number of esters is 1. The van der Waals surface area contributed by atoms with Crippen molar-refractivity contribution in [2.75, 3.05) is 0 Å². The van der Waals surface area contributed by atoms with E-state index in [9.17, 15) is 4.79 Å². The van der Waals surface area contributed by atoms with Crippen molar-refractivity contribution in [3.63, 3.8) is 0 Å². The van der Waals surface area contributed by atoms with Crippen molar-refractivity contribution >= 4 is 5.97 Å². The Morgan fingerprint density at radius 3 is 2.60 bits per heavy atom. The summed E-state index contributed by atoms with van der Waals surface area (Å²) in [6, 6.07) is 9.80. The van der Waals surface area contributed by atoms with E-state index in [2.05, 4.69) is 6.92 Å². The lowest BCUT2D eigenvalue weighted by Gasteiger charge is -2.30. The van der Waals surface area contributed by atoms with Crippen molar-refractivity contribution in [1.29, 1.82) is 0 Å². The highest BCUT2D eigenvalue weighted by molar-refractivity contribution is 5.73. The lowest BCUT2D eigenvalue weighted by atomic mass is 9.76. The van der Waals surface area contributed by atoms with E-state index in [4.69, 9.17) is 4.74 Å². The maximum Gasteiger partial charge on any atom is 0.309 e. The van der Waals surface area contributed by atoms with Crippen molar-refractivity contribution in [3.8, 4) is 0 Å². The van der Waals surface area contributed by atoms with Crippen molar-refractivity contribution < 1.29 is 9.53 Å². The normalized spacial score (nSPS) is 24.3. The quantitative estimate of drug-likeness (QED) is 0.708. The standard InChI is InChI=1S/C13H16O2/c1-10-7-12(8-10)13(14)15-9-11-5-3-2-4-6-11/h2-6,10,12H,7-9H2,1H3. The molecular formula is C13H16O2. The fraction of sp³-hybridized carbons (Fsp3) is 0.462. The Hall–Kier alpha value is -1.31. The average molecular weight is 204 g/mol. The monoisotopic (exact) mass is 204 g/mol. The number of ether oxygens (including phenoxy) is 1. The van der Waals surface area contributed by atoms with E-state index >= 15 is 0 Å². The van der Waals surface area contributed by atoms with Crippen LogP contribution in [0.3, 0.4) is 0 Å². The van der Waals surface area contributed by atoms with Gasteiger partial charge in [-0.1, -0.05) is 37.3 Å². The fourth-order valence-corrected chi connectivity index (χ4v) is 1.94. The number of carbonyl (C=O) groups is 1. The lowest BCUT2D eigenvalue weighted by Crippen LogP contribution is -2.30. The zero-order valence-electron chi connectivity index (χ0n) is 8.98. The van der Waals surface area contributed by atoms with Gasteiger partial charge in [-0.05, 0) is 24.3 Å². The smallest absolute Gasteiger partial charge is 0.309 e. The summed E-state index contributed by atoms with van der Waals surface area (Å²) in [6.07, 6.45) is 1.99. The molecule has 2 heteroatoms. The molecule has 0 spiro atoms. The summed E-state index contributed by atoms with van der Waals surface area (Å²) in [5.41, 5.74) is 1.05. The molecule has 0 aromatic heterocycles. The van der Waals surface area contributed by atoms with Gasteiger partial charge in [0.25, 0.3) is 0 Å². The predicted molar refractivity (Wildman–Crippen MR) is 58.1 cm³/mol. The second-order valence-electron chi connectivity index (χ2n) is 4.37. The van der Waals surface area contributed by atoms with Crippen LogP contribution in [0, 0.1) is 11.8 Å². The number of hydrogen-bond donors (Lipinski definition) is 0. The SMILES string of the molecule is CC1CC(C(=O)OCc2ccccc2)C1. The predicted octanol–water partition coefficient (Wildman–Crippen LogP) is 2.78. The molecule has 0 atom stereocenters. The molecule has 0 bridgehead atoms. The van der Waals surface area contributed by atoms with E-state index < -0.39 is 0 Å². The summed E-state index contributed by atoms with van der Waals surface area (Å²) in [4.78, 5) is 11.5. The largest absolute Gasteiger partial charge is 0.461 e. The molecule has 0 unspecified atom stereocenters. The van der Waals surface area contributed by atoms with Crippen LogP contribution < -0.4 is 0 Å². The first-order chi connectivity index (χ1) is 7.25. The van der Waals surface area contributed by atoms with Gasteiger partial charge in [0.2, 0.25) is 0 Å². The summed E-state index contributed by atoms with van der Waals surface area (Å²) in [5, 5.41) is 0. The molecule has 1 aliphatic rings. The van der Waals surface area contributed by atoms with Gasteiger partial charge in [-0.3, -0.25) is 4.79 Å². The van der Waals surface area contributed by atoms with Gasteiger partial charge < -0.3 is 4.74 Å². The van der Waals surface area contributed by atoms with Crippen LogP contribution in [0.5, 0.6) is 0 Å². The summed E-state index contributed by atoms with van der Waals surface area (Å²) in [7, 11) is 0. The van der Waals surface area contributed by atoms with Gasteiger partial charge in [0, 0.05) is 0 Å². The van der Waals surface area contributed by atoms with E-state index in [1.807, 2.05) is 30.3 Å². The van der Waals surface area contributed by atoms with Crippen LogP contribution in [0.1, 0.15) is 25.3 Å². The van der Waals surface area contributed by atoms with Crippen LogP contribution >= 0.6 is 0 Å². The van der Waals surface area contributed by atoms with Gasteiger partial charge in [-0.25, -0.2) is 0 Å². The molecule has 2 nitrogen and oxygen atoms in total. The molecule has 1 aliphatic carbocycles. The maximum atomic E-state index is 11.5. The van der Waals surface area contributed by atoms with Crippen LogP contribution in [0.4, 0.5) is 0 Å². The molecule has 1 aromatic carbocycles. The van der Waals surface area contributed by atoms with E-state index in [-0.39, 0.29) is 11.9 Å². The number of hydrogen-bond acceptors (Lipinski definition) is 2. The highest BCUT2D eigenvalue weighted by Gasteiger charge is 2.32. The number of rotatable bonds is 3. The van der Waals surface area contributed by atoms with Crippen LogP contribution in [0.2, 0.25) is 0 Å². The van der Waals surface area contributed by atoms with Gasteiger partial charge in [0.05, 0.1) is 5.92 Å². The zero-order chi connectivity index (χ0) is 10.7. The molecule has 1 fully saturated rings. The fourth-order valence-electron chi connectivity index (χ4n) is 1.94. The van der Waals surface area contributed by atoms with E-state index in [0.717, 1.165) is 18.4 Å². The molecular weight excluding hydrogens is 188 g/mol. The molecule has 0 heterocycles. The van der Waals surface area contributed by atoms with E-state index in [1.54, 1.807) is 0 Å². The third kappa shape index (κ3) is 2.58. The Kier molecular flexibility index (Phi) is 3.05. The van der Waals surface area contributed by atoms with Crippen molar-refractivity contribution in [2.24, 2.45) is 11.8 Å². The maximum absolute atomic E-state index is 11.5. The molecule has 0 N–H and O–H groups in total. The molecule has 0 saturated heterocycles. The molecule has 15 heavy (non-hydrogen) atoms. The minimum absolute atomic E-state index is 0.0306. The first-order valence-electron chi connectivity index (χ1n) is 5.46. The highest BCUT2D eigenvalue weighted by Crippen LogP contribution is 2.33. The Labute approximate surface area is 90.3 Å². The first-order valence-corrected chi connectivity index (χ1v) is 5.46. The molecule has 2 rings (SSSR count). The third-order valence-electron chi connectivity index (χ3n) is 2.93. The van der Waals surface area contributed by atoms with Crippen molar-refractivity contribution in [3.05, 3.63) is 35.9 Å². The van der Waals surface area contributed by atoms with Gasteiger partial charge in [0.15, 0.2) is 0 Å². The first kappa shape index (κ1) is 10.2. The van der Waals surface area contributed by atoms with Crippen LogP contribution in [0.15, 0.2) is 30.3 Å². The minimum Gasteiger partial charge on any atom is -0.461 e. The zero-order valence-corrected chi connectivity index (χ0v) is 8.98. The molecule has 0 radical (unpaired) electrons. The summed E-state index contributed by atoms with van der Waals surface area (Å²) in [6.45, 7) is 2.57. The van der Waals surface area contributed by atoms with Crippen molar-refractivity contribution in [2.45, 2.75) is 26.4 Å². The topological polar surface area (TPSA) is 26.3 Å². The molecule has 1 aromatic rings. The van der Waals surface area contributed by atoms with E-state index in [0.29, 0.717) is 12.5 Å². The molecule has 1 saturated carbocycles. The van der Waals surface area contributed by atoms with Crippen LogP contribution in [0.25, 0.3) is 0 Å². The Morgan fingerprint density at radius 2 is 2.00 bits per heavy atom. The second-order valence-corrected chi connectivity index (χ2v) is 4.37. The summed E-state index contributed by atoms with van der Waals surface area (Å²) in [5.74, 6) is 0.819. The average Bonchev–Trinajstić information content (AvgIpc) is 2.23. The van der Waals surface area contributed by atoms with Gasteiger partial charge in [0.1, 0.15) is 6.61 Å². The summed E-state index contributed by atoms with van der Waals surface area (Å²) < 4.78 is 5.24. The third-order valence-corrected chi connectivity index (χ3v) is 2.93. The lowest BCUT2D eigenvalue weighted by molar-refractivity contribution is -0.154. The van der Waals surface area contributed by atoms with Gasteiger partial charge >= 0.3 is 5.97 Å². The Balaban J connectivity index is 1.76. The van der Waals surface area contributed by atoms with E-state index in [1.165, 1.54) is 0 Å². The molecule has 0 aliphatic heterocycles. The van der Waals surface area contributed by atoms with Gasteiger partial charge in [-0.15, -0.1) is 0 Å². The molecule has 80 valence electrons. The summed E-state index contributed by atoms with van der Waals surface area (Å²) >= 11 is 0. The Morgan fingerprint density at radius 1 is 1.33 bits per heavy atom. The van der Waals surface area contributed by atoms with Crippen LogP contribution in [-0.4, -0.2) is 5.97 Å². The van der Waals surface area contributed by atoms with Crippen LogP contribution in [-0.2, 0) is 16.1 Å². The second kappa shape index (κ2) is 4.47. The Bertz CT molecular complexity index is 326.